The first-order valence-electron chi connectivity index (χ1n) is 5.32. The van der Waals surface area contributed by atoms with Gasteiger partial charge in [-0.05, 0) is 31.2 Å². The van der Waals surface area contributed by atoms with Crippen LogP contribution in [-0.4, -0.2) is 32.3 Å². The maximum atomic E-state index is 11.6. The summed E-state index contributed by atoms with van der Waals surface area (Å²) in [6, 6.07) is 6.88. The number of amides is 1. The lowest BCUT2D eigenvalue weighted by Crippen LogP contribution is -2.37. The number of halogens is 1. The lowest BCUT2D eigenvalue weighted by molar-refractivity contribution is -0.127. The molecule has 1 aromatic rings. The maximum Gasteiger partial charge on any atom is 0.260 e. The highest BCUT2D eigenvalue weighted by Crippen LogP contribution is 2.16. The summed E-state index contributed by atoms with van der Waals surface area (Å²) in [7, 11) is 1.58. The molecule has 0 aromatic heterocycles. The normalized spacial score (nSPS) is 11.9. The Morgan fingerprint density at radius 3 is 2.65 bits per heavy atom. The molecular weight excluding hydrogens is 242 g/mol. The van der Waals surface area contributed by atoms with Crippen LogP contribution in [0, 0.1) is 0 Å². The van der Waals surface area contributed by atoms with E-state index in [1.165, 1.54) is 0 Å². The molecule has 94 valence electrons. The van der Waals surface area contributed by atoms with Crippen LogP contribution in [0.25, 0.3) is 0 Å². The van der Waals surface area contributed by atoms with Gasteiger partial charge in [0.05, 0.1) is 6.61 Å². The molecule has 17 heavy (non-hydrogen) atoms. The molecule has 0 aliphatic heterocycles. The van der Waals surface area contributed by atoms with Crippen LogP contribution in [0.4, 0.5) is 0 Å². The molecule has 1 amide bonds. The van der Waals surface area contributed by atoms with E-state index in [4.69, 9.17) is 21.1 Å². The predicted octanol–water partition coefficient (Wildman–Crippen LogP) is 1.87. The molecule has 0 spiro atoms. The molecule has 0 aliphatic rings. The molecule has 0 fully saturated rings. The number of carbonyl (C=O) groups excluding carboxylic acids is 1. The van der Waals surface area contributed by atoms with Crippen molar-refractivity contribution >= 4 is 17.5 Å². The fourth-order valence-electron chi connectivity index (χ4n) is 1.19. The van der Waals surface area contributed by atoms with E-state index in [0.717, 1.165) is 0 Å². The zero-order valence-electron chi connectivity index (χ0n) is 9.90. The third-order valence-electron chi connectivity index (χ3n) is 2.10. The van der Waals surface area contributed by atoms with Crippen LogP contribution in [0.3, 0.4) is 0 Å². The number of ether oxygens (including phenoxy) is 2. The van der Waals surface area contributed by atoms with E-state index in [0.29, 0.717) is 23.9 Å². The Bertz CT molecular complexity index is 353. The monoisotopic (exact) mass is 257 g/mol. The highest BCUT2D eigenvalue weighted by atomic mass is 35.5. The molecule has 0 heterocycles. The van der Waals surface area contributed by atoms with Crippen molar-refractivity contribution in [3.63, 3.8) is 0 Å². The van der Waals surface area contributed by atoms with Crippen LogP contribution in [0.1, 0.15) is 6.92 Å². The number of benzene rings is 1. The summed E-state index contributed by atoms with van der Waals surface area (Å²) in [5, 5.41) is 3.33. The number of hydrogen-bond acceptors (Lipinski definition) is 3. The largest absolute Gasteiger partial charge is 0.481 e. The Morgan fingerprint density at radius 1 is 1.41 bits per heavy atom. The van der Waals surface area contributed by atoms with E-state index in [2.05, 4.69) is 5.32 Å². The molecule has 0 aliphatic carbocycles. The van der Waals surface area contributed by atoms with Gasteiger partial charge in [0.1, 0.15) is 5.75 Å². The van der Waals surface area contributed by atoms with Gasteiger partial charge >= 0.3 is 0 Å². The smallest absolute Gasteiger partial charge is 0.260 e. The summed E-state index contributed by atoms with van der Waals surface area (Å²) in [4.78, 5) is 11.6. The molecule has 0 radical (unpaired) electrons. The van der Waals surface area contributed by atoms with Crippen LogP contribution in [-0.2, 0) is 9.53 Å². The van der Waals surface area contributed by atoms with E-state index in [9.17, 15) is 4.79 Å². The first kappa shape index (κ1) is 13.8. The molecule has 0 saturated carbocycles. The van der Waals surface area contributed by atoms with Gasteiger partial charge in [-0.2, -0.15) is 0 Å². The van der Waals surface area contributed by atoms with Crippen molar-refractivity contribution in [1.29, 1.82) is 0 Å². The lowest BCUT2D eigenvalue weighted by atomic mass is 10.3. The first-order valence-corrected chi connectivity index (χ1v) is 5.70. The second kappa shape index (κ2) is 7.14. The molecule has 5 heteroatoms. The van der Waals surface area contributed by atoms with Crippen molar-refractivity contribution in [2.45, 2.75) is 13.0 Å². The minimum Gasteiger partial charge on any atom is -0.481 e. The number of methoxy groups -OCH3 is 1. The number of carbonyl (C=O) groups is 1. The fraction of sp³-hybridized carbons (Fsp3) is 0.417. The lowest BCUT2D eigenvalue weighted by Gasteiger charge is -2.14. The van der Waals surface area contributed by atoms with Crippen LogP contribution in [0.5, 0.6) is 5.75 Å². The van der Waals surface area contributed by atoms with Crippen molar-refractivity contribution in [3.8, 4) is 5.75 Å². The van der Waals surface area contributed by atoms with Crippen molar-refractivity contribution in [3.05, 3.63) is 29.3 Å². The minimum atomic E-state index is -0.548. The van der Waals surface area contributed by atoms with Gasteiger partial charge < -0.3 is 14.8 Å². The highest BCUT2D eigenvalue weighted by molar-refractivity contribution is 6.30. The number of rotatable bonds is 6. The van der Waals surface area contributed by atoms with Gasteiger partial charge in [0.2, 0.25) is 0 Å². The topological polar surface area (TPSA) is 47.6 Å². The van der Waals surface area contributed by atoms with Gasteiger partial charge in [0.25, 0.3) is 5.91 Å². The molecule has 0 unspecified atom stereocenters. The second-order valence-corrected chi connectivity index (χ2v) is 3.93. The summed E-state index contributed by atoms with van der Waals surface area (Å²) in [6.07, 6.45) is -0.548. The van der Waals surface area contributed by atoms with Crippen LogP contribution < -0.4 is 10.1 Å². The highest BCUT2D eigenvalue weighted by Gasteiger charge is 2.13. The van der Waals surface area contributed by atoms with E-state index >= 15 is 0 Å². The van der Waals surface area contributed by atoms with Gasteiger partial charge in [0.15, 0.2) is 6.10 Å². The van der Waals surface area contributed by atoms with Crippen LogP contribution in [0.2, 0.25) is 5.02 Å². The summed E-state index contributed by atoms with van der Waals surface area (Å²) in [5.41, 5.74) is 0. The zero-order chi connectivity index (χ0) is 12.7. The van der Waals surface area contributed by atoms with Crippen molar-refractivity contribution in [1.82, 2.24) is 5.32 Å². The van der Waals surface area contributed by atoms with Gasteiger partial charge in [-0.15, -0.1) is 0 Å². The Kier molecular flexibility index (Phi) is 5.80. The molecule has 1 N–H and O–H groups in total. The van der Waals surface area contributed by atoms with E-state index in [1.54, 1.807) is 38.3 Å². The zero-order valence-corrected chi connectivity index (χ0v) is 10.7. The van der Waals surface area contributed by atoms with E-state index < -0.39 is 6.10 Å². The molecule has 4 nitrogen and oxygen atoms in total. The number of nitrogens with one attached hydrogen (secondary N) is 1. The summed E-state index contributed by atoms with van der Waals surface area (Å²) >= 11 is 5.75. The third kappa shape index (κ3) is 5.06. The van der Waals surface area contributed by atoms with Gasteiger partial charge in [-0.3, -0.25) is 4.79 Å². The second-order valence-electron chi connectivity index (χ2n) is 3.50. The summed E-state index contributed by atoms with van der Waals surface area (Å²) < 4.78 is 10.3. The summed E-state index contributed by atoms with van der Waals surface area (Å²) in [5.74, 6) is 0.445. The molecule has 0 bridgehead atoms. The number of hydrogen-bond donors (Lipinski definition) is 1. The minimum absolute atomic E-state index is 0.169. The van der Waals surface area contributed by atoms with Crippen LogP contribution in [0.15, 0.2) is 24.3 Å². The molecule has 1 rings (SSSR count). The van der Waals surface area contributed by atoms with Gasteiger partial charge in [-0.25, -0.2) is 0 Å². The Balaban J connectivity index is 2.40. The molecule has 1 aromatic carbocycles. The third-order valence-corrected chi connectivity index (χ3v) is 2.35. The fourth-order valence-corrected chi connectivity index (χ4v) is 1.32. The SMILES string of the molecule is COCCNC(=O)[C@@H](C)Oc1ccc(Cl)cc1. The predicted molar refractivity (Wildman–Crippen MR) is 66.4 cm³/mol. The van der Waals surface area contributed by atoms with Crippen molar-refractivity contribution < 1.29 is 14.3 Å². The summed E-state index contributed by atoms with van der Waals surface area (Å²) in [6.45, 7) is 2.65. The molecular formula is C12H16ClNO3. The quantitative estimate of drug-likeness (QED) is 0.792. The van der Waals surface area contributed by atoms with E-state index in [1.807, 2.05) is 0 Å². The Hall–Kier alpha value is -1.26. The van der Waals surface area contributed by atoms with Crippen molar-refractivity contribution in [2.75, 3.05) is 20.3 Å². The maximum absolute atomic E-state index is 11.6. The Morgan fingerprint density at radius 2 is 2.06 bits per heavy atom. The Labute approximate surface area is 106 Å². The van der Waals surface area contributed by atoms with Crippen molar-refractivity contribution in [2.24, 2.45) is 0 Å². The van der Waals surface area contributed by atoms with Crippen LogP contribution >= 0.6 is 11.6 Å². The van der Waals surface area contributed by atoms with E-state index in [-0.39, 0.29) is 5.91 Å². The average Bonchev–Trinajstić information content (AvgIpc) is 2.32. The molecule has 1 atom stereocenters. The molecule has 0 saturated heterocycles. The standard InChI is InChI=1S/C12H16ClNO3/c1-9(12(15)14-7-8-16-2)17-11-5-3-10(13)4-6-11/h3-6,9H,7-8H2,1-2H3,(H,14,15)/t9-/m1/s1. The first-order chi connectivity index (χ1) is 8.13. The average molecular weight is 258 g/mol. The van der Waals surface area contributed by atoms with Gasteiger partial charge in [0, 0.05) is 18.7 Å². The van der Waals surface area contributed by atoms with Gasteiger partial charge in [-0.1, -0.05) is 11.6 Å².